The number of anilines is 5. The highest BCUT2D eigenvalue weighted by Crippen LogP contribution is 2.21. The molecule has 3 aromatic carbocycles. The van der Waals surface area contributed by atoms with Crippen molar-refractivity contribution in [3.63, 3.8) is 0 Å². The normalized spacial score (nSPS) is 10.2. The first kappa shape index (κ1) is 19.3. The van der Waals surface area contributed by atoms with Crippen LogP contribution in [0.15, 0.2) is 72.8 Å². The summed E-state index contributed by atoms with van der Waals surface area (Å²) >= 11 is 0. The largest absolute Gasteiger partial charge is 0.395 e. The van der Waals surface area contributed by atoms with Crippen molar-refractivity contribution in [1.82, 2.24) is 0 Å². The number of benzene rings is 3. The van der Waals surface area contributed by atoms with E-state index in [-0.39, 0.29) is 12.5 Å². The second-order valence-electron chi connectivity index (χ2n) is 6.21. The molecule has 0 aromatic heterocycles. The summed E-state index contributed by atoms with van der Waals surface area (Å²) in [6.07, 6.45) is 0. The van der Waals surface area contributed by atoms with Gasteiger partial charge in [0.15, 0.2) is 0 Å². The number of hydrogen-bond donors (Lipinski definition) is 5. The highest BCUT2D eigenvalue weighted by Gasteiger charge is 2.06. The fraction of sp³-hybridized carbons (Fsp3) is 0.136. The van der Waals surface area contributed by atoms with Crippen LogP contribution >= 0.6 is 0 Å². The third-order valence-corrected chi connectivity index (χ3v) is 4.19. The van der Waals surface area contributed by atoms with E-state index < -0.39 is 0 Å². The molecule has 0 saturated carbocycles. The molecule has 0 fully saturated rings. The van der Waals surface area contributed by atoms with E-state index >= 15 is 0 Å². The van der Waals surface area contributed by atoms with Crippen LogP contribution in [0, 0.1) is 0 Å². The van der Waals surface area contributed by atoms with Crippen molar-refractivity contribution >= 4 is 34.3 Å². The molecule has 144 valence electrons. The number of carbonyl (C=O) groups is 1. The van der Waals surface area contributed by atoms with Crippen LogP contribution < -0.4 is 21.3 Å². The predicted octanol–water partition coefficient (Wildman–Crippen LogP) is 4.13. The van der Waals surface area contributed by atoms with Crippen molar-refractivity contribution in [3.05, 3.63) is 78.4 Å². The summed E-state index contributed by atoms with van der Waals surface area (Å²) in [5.74, 6) is -0.169. The monoisotopic (exact) mass is 376 g/mol. The van der Waals surface area contributed by atoms with Gasteiger partial charge >= 0.3 is 0 Å². The van der Waals surface area contributed by atoms with Crippen LogP contribution in [0.5, 0.6) is 0 Å². The lowest BCUT2D eigenvalue weighted by Crippen LogP contribution is -2.12. The van der Waals surface area contributed by atoms with Crippen LogP contribution in [0.2, 0.25) is 0 Å². The lowest BCUT2D eigenvalue weighted by Gasteiger charge is -2.10. The average molecular weight is 376 g/mol. The highest BCUT2D eigenvalue weighted by atomic mass is 16.3. The zero-order valence-corrected chi connectivity index (χ0v) is 15.7. The van der Waals surface area contributed by atoms with Gasteiger partial charge in [0.2, 0.25) is 0 Å². The van der Waals surface area contributed by atoms with Crippen LogP contribution in [0.3, 0.4) is 0 Å². The van der Waals surface area contributed by atoms with Gasteiger partial charge < -0.3 is 26.4 Å². The van der Waals surface area contributed by atoms with Crippen molar-refractivity contribution in [1.29, 1.82) is 0 Å². The Labute approximate surface area is 164 Å². The quantitative estimate of drug-likeness (QED) is 0.408. The molecule has 0 heterocycles. The average Bonchev–Trinajstić information content (AvgIpc) is 2.74. The van der Waals surface area contributed by atoms with Gasteiger partial charge in [-0.25, -0.2) is 0 Å². The van der Waals surface area contributed by atoms with E-state index in [2.05, 4.69) is 21.3 Å². The molecule has 3 aromatic rings. The van der Waals surface area contributed by atoms with Gasteiger partial charge in [0.25, 0.3) is 5.91 Å². The Bertz CT molecular complexity index is 891. The van der Waals surface area contributed by atoms with Crippen molar-refractivity contribution in [2.75, 3.05) is 41.5 Å². The molecule has 0 bridgehead atoms. The van der Waals surface area contributed by atoms with Gasteiger partial charge in [0.1, 0.15) is 0 Å². The lowest BCUT2D eigenvalue weighted by molar-refractivity contribution is 0.102. The molecule has 28 heavy (non-hydrogen) atoms. The lowest BCUT2D eigenvalue weighted by atomic mass is 10.2. The number of hydrogen-bond acceptors (Lipinski definition) is 5. The van der Waals surface area contributed by atoms with E-state index in [1.54, 1.807) is 12.1 Å². The SMILES string of the molecule is CNc1ccc(Nc2ccc(NC(=O)c3ccc(NCCO)cc3)cc2)cc1. The van der Waals surface area contributed by atoms with Gasteiger partial charge in [-0.3, -0.25) is 4.79 Å². The van der Waals surface area contributed by atoms with Crippen LogP contribution in [-0.2, 0) is 0 Å². The minimum Gasteiger partial charge on any atom is -0.395 e. The van der Waals surface area contributed by atoms with Crippen LogP contribution in [0.1, 0.15) is 10.4 Å². The molecule has 3 rings (SSSR count). The summed E-state index contributed by atoms with van der Waals surface area (Å²) in [7, 11) is 1.89. The van der Waals surface area contributed by atoms with Gasteiger partial charge in [-0.15, -0.1) is 0 Å². The Hall–Kier alpha value is -3.51. The smallest absolute Gasteiger partial charge is 0.255 e. The third kappa shape index (κ3) is 5.25. The van der Waals surface area contributed by atoms with Gasteiger partial charge in [-0.1, -0.05) is 0 Å². The molecule has 0 saturated heterocycles. The minimum atomic E-state index is -0.169. The molecule has 0 aliphatic carbocycles. The molecule has 5 N–H and O–H groups in total. The fourth-order valence-corrected chi connectivity index (χ4v) is 2.67. The van der Waals surface area contributed by atoms with E-state index in [0.29, 0.717) is 12.1 Å². The summed E-state index contributed by atoms with van der Waals surface area (Å²) in [4.78, 5) is 12.4. The molecule has 1 amide bonds. The molecule has 0 unspecified atom stereocenters. The Morgan fingerprint density at radius 2 is 1.25 bits per heavy atom. The van der Waals surface area contributed by atoms with Crippen LogP contribution in [0.25, 0.3) is 0 Å². The van der Waals surface area contributed by atoms with Gasteiger partial charge in [0, 0.05) is 47.6 Å². The van der Waals surface area contributed by atoms with Crippen molar-refractivity contribution in [2.45, 2.75) is 0 Å². The maximum Gasteiger partial charge on any atom is 0.255 e. The molecule has 0 radical (unpaired) electrons. The van der Waals surface area contributed by atoms with Crippen molar-refractivity contribution < 1.29 is 9.90 Å². The highest BCUT2D eigenvalue weighted by molar-refractivity contribution is 6.04. The topological polar surface area (TPSA) is 85.4 Å². The predicted molar refractivity (Wildman–Crippen MR) is 116 cm³/mol. The number of aliphatic hydroxyl groups is 1. The van der Waals surface area contributed by atoms with Crippen LogP contribution in [0.4, 0.5) is 28.4 Å². The fourth-order valence-electron chi connectivity index (χ4n) is 2.67. The first-order valence-electron chi connectivity index (χ1n) is 9.09. The molecule has 0 aliphatic rings. The van der Waals surface area contributed by atoms with E-state index in [9.17, 15) is 4.79 Å². The molecular weight excluding hydrogens is 352 g/mol. The molecule has 6 nitrogen and oxygen atoms in total. The summed E-state index contributed by atoms with van der Waals surface area (Å²) < 4.78 is 0. The third-order valence-electron chi connectivity index (χ3n) is 4.19. The first-order valence-corrected chi connectivity index (χ1v) is 9.09. The first-order chi connectivity index (χ1) is 13.7. The summed E-state index contributed by atoms with van der Waals surface area (Å²) in [6.45, 7) is 0.542. The van der Waals surface area contributed by atoms with Gasteiger partial charge in [-0.2, -0.15) is 0 Å². The second-order valence-corrected chi connectivity index (χ2v) is 6.21. The zero-order valence-electron chi connectivity index (χ0n) is 15.7. The molecule has 6 heteroatoms. The standard InChI is InChI=1S/C22H24N4O2/c1-23-17-6-8-19(9-7-17)25-20-10-12-21(13-11-20)26-22(28)16-2-4-18(5-3-16)24-14-15-27/h2-13,23-25,27H,14-15H2,1H3,(H,26,28). The van der Waals surface area contributed by atoms with E-state index in [0.717, 1.165) is 28.4 Å². The van der Waals surface area contributed by atoms with E-state index in [4.69, 9.17) is 5.11 Å². The minimum absolute atomic E-state index is 0.0638. The number of amides is 1. The number of aliphatic hydroxyl groups excluding tert-OH is 1. The van der Waals surface area contributed by atoms with E-state index in [1.165, 1.54) is 0 Å². The molecule has 0 spiro atoms. The molecule has 0 aliphatic heterocycles. The Morgan fingerprint density at radius 1 is 0.750 bits per heavy atom. The Kier molecular flexibility index (Phi) is 6.49. The maximum absolute atomic E-state index is 12.4. The Balaban J connectivity index is 1.57. The van der Waals surface area contributed by atoms with Gasteiger partial charge in [0.05, 0.1) is 6.61 Å². The van der Waals surface area contributed by atoms with Gasteiger partial charge in [-0.05, 0) is 72.8 Å². The van der Waals surface area contributed by atoms with Crippen molar-refractivity contribution in [3.8, 4) is 0 Å². The molecule has 0 atom stereocenters. The number of rotatable bonds is 8. The molecular formula is C22H24N4O2. The zero-order chi connectivity index (χ0) is 19.8. The van der Waals surface area contributed by atoms with E-state index in [1.807, 2.05) is 67.7 Å². The number of carbonyl (C=O) groups excluding carboxylic acids is 1. The van der Waals surface area contributed by atoms with Crippen molar-refractivity contribution in [2.24, 2.45) is 0 Å². The second kappa shape index (κ2) is 9.43. The Morgan fingerprint density at radius 3 is 1.79 bits per heavy atom. The summed E-state index contributed by atoms with van der Waals surface area (Å²) in [5.41, 5.74) is 5.15. The number of nitrogens with one attached hydrogen (secondary N) is 4. The summed E-state index contributed by atoms with van der Waals surface area (Å²) in [5, 5.41) is 21.2. The maximum atomic E-state index is 12.4. The summed E-state index contributed by atoms with van der Waals surface area (Å²) in [6, 6.07) is 22.7. The van der Waals surface area contributed by atoms with Crippen LogP contribution in [-0.4, -0.2) is 31.2 Å².